The molecule has 0 saturated carbocycles. The summed E-state index contributed by atoms with van der Waals surface area (Å²) in [6, 6.07) is 11.2. The number of urea groups is 1. The Hall–Kier alpha value is -3.02. The first-order valence-electron chi connectivity index (χ1n) is 9.09. The number of hydrogen-bond donors (Lipinski definition) is 2. The Balaban J connectivity index is 2.13. The number of hydrogen-bond acceptors (Lipinski definition) is 6. The molecular formula is C20H21F2N5O3S. The monoisotopic (exact) mass is 449 g/mol. The summed E-state index contributed by atoms with van der Waals surface area (Å²) >= 11 is 1.03. The normalized spacial score (nSPS) is 18.1. The molecular weight excluding hydrogens is 428 g/mol. The van der Waals surface area contributed by atoms with E-state index in [0.29, 0.717) is 5.56 Å². The Morgan fingerprint density at radius 1 is 1.29 bits per heavy atom. The first kappa shape index (κ1) is 22.7. The highest BCUT2D eigenvalue weighted by Gasteiger charge is 2.50. The number of benzene rings is 2. The number of nitrogens with zero attached hydrogens (tertiary/aromatic N) is 3. The summed E-state index contributed by atoms with van der Waals surface area (Å²) in [6.07, 6.45) is 0. The van der Waals surface area contributed by atoms with Crippen molar-refractivity contribution in [2.24, 2.45) is 10.8 Å². The van der Waals surface area contributed by atoms with Gasteiger partial charge in [-0.15, -0.1) is 0 Å². The van der Waals surface area contributed by atoms with E-state index in [2.05, 4.69) is 5.10 Å². The number of carbonyl (C=O) groups excluding carboxylic acids is 1. The van der Waals surface area contributed by atoms with Crippen molar-refractivity contribution in [1.29, 1.82) is 5.41 Å². The van der Waals surface area contributed by atoms with Crippen LogP contribution in [0.25, 0.3) is 0 Å². The highest BCUT2D eigenvalue weighted by atomic mass is 32.2. The molecule has 2 aromatic carbocycles. The Labute approximate surface area is 182 Å². The zero-order chi connectivity index (χ0) is 22.6. The lowest BCUT2D eigenvalue weighted by atomic mass is 10.1. The van der Waals surface area contributed by atoms with Gasteiger partial charge in [0.25, 0.3) is 0 Å². The zero-order valence-corrected chi connectivity index (χ0v) is 17.7. The number of rotatable bonds is 7. The minimum absolute atomic E-state index is 0.0881. The SMILES string of the molecule is CON(C)C(=O)N1N=C(c2cc(F)ccc2F)SC1(COCC(=N)N)c1ccccc1. The van der Waals surface area contributed by atoms with E-state index in [0.717, 1.165) is 40.0 Å². The largest absolute Gasteiger partial charge is 0.386 e. The van der Waals surface area contributed by atoms with E-state index < -0.39 is 22.5 Å². The summed E-state index contributed by atoms with van der Waals surface area (Å²) < 4.78 is 34.0. The molecule has 1 aliphatic heterocycles. The van der Waals surface area contributed by atoms with Gasteiger partial charge in [0.05, 0.1) is 13.7 Å². The van der Waals surface area contributed by atoms with Gasteiger partial charge in [0, 0.05) is 12.6 Å². The van der Waals surface area contributed by atoms with Crippen LogP contribution in [0, 0.1) is 17.0 Å². The first-order chi connectivity index (χ1) is 14.8. The molecule has 0 fully saturated rings. The fourth-order valence-corrected chi connectivity index (χ4v) is 4.24. The lowest BCUT2D eigenvalue weighted by Crippen LogP contribution is -2.49. The van der Waals surface area contributed by atoms with Crippen molar-refractivity contribution in [3.05, 3.63) is 71.3 Å². The maximum absolute atomic E-state index is 14.5. The first-order valence-corrected chi connectivity index (χ1v) is 9.91. The number of hydroxylamine groups is 2. The van der Waals surface area contributed by atoms with Gasteiger partial charge in [0.2, 0.25) is 0 Å². The summed E-state index contributed by atoms with van der Waals surface area (Å²) in [6.45, 7) is -0.310. The number of carbonyl (C=O) groups is 1. The fraction of sp³-hybridized carbons (Fsp3) is 0.250. The van der Waals surface area contributed by atoms with Crippen LogP contribution in [0.5, 0.6) is 0 Å². The molecule has 0 bridgehead atoms. The number of ether oxygens (including phenoxy) is 1. The van der Waals surface area contributed by atoms with Crippen LogP contribution in [0.1, 0.15) is 11.1 Å². The van der Waals surface area contributed by atoms with Crippen molar-refractivity contribution >= 4 is 28.7 Å². The number of halogens is 2. The van der Waals surface area contributed by atoms with E-state index >= 15 is 0 Å². The molecule has 2 amide bonds. The lowest BCUT2D eigenvalue weighted by molar-refractivity contribution is -0.0830. The van der Waals surface area contributed by atoms with Crippen LogP contribution in [0.15, 0.2) is 53.6 Å². The smallest absolute Gasteiger partial charge is 0.365 e. The zero-order valence-electron chi connectivity index (χ0n) is 16.8. The maximum Gasteiger partial charge on any atom is 0.365 e. The number of hydrazone groups is 1. The van der Waals surface area contributed by atoms with E-state index in [1.54, 1.807) is 30.3 Å². The van der Waals surface area contributed by atoms with Crippen molar-refractivity contribution in [2.75, 3.05) is 27.4 Å². The molecule has 1 aliphatic rings. The van der Waals surface area contributed by atoms with Crippen molar-refractivity contribution < 1.29 is 23.1 Å². The second-order valence-corrected chi connectivity index (χ2v) is 7.84. The second kappa shape index (κ2) is 9.41. The van der Waals surface area contributed by atoms with Gasteiger partial charge in [0.1, 0.15) is 29.1 Å². The van der Waals surface area contributed by atoms with Gasteiger partial charge >= 0.3 is 6.03 Å². The highest BCUT2D eigenvalue weighted by Crippen LogP contribution is 2.48. The molecule has 164 valence electrons. The topological polar surface area (TPSA) is 104 Å². The molecule has 1 heterocycles. The van der Waals surface area contributed by atoms with E-state index in [9.17, 15) is 13.6 Å². The number of thioether (sulfide) groups is 1. The van der Waals surface area contributed by atoms with Crippen LogP contribution < -0.4 is 5.73 Å². The molecule has 1 atom stereocenters. The molecule has 3 rings (SSSR count). The Morgan fingerprint density at radius 2 is 2.00 bits per heavy atom. The molecule has 8 nitrogen and oxygen atoms in total. The van der Waals surface area contributed by atoms with Crippen molar-refractivity contribution in [3.8, 4) is 0 Å². The van der Waals surface area contributed by atoms with Gasteiger partial charge in [-0.2, -0.15) is 10.1 Å². The third kappa shape index (κ3) is 4.68. The minimum atomic E-state index is -1.28. The summed E-state index contributed by atoms with van der Waals surface area (Å²) in [5.74, 6) is -1.53. The number of nitrogens with two attached hydrogens (primary N) is 1. The molecule has 2 aromatic rings. The molecule has 3 N–H and O–H groups in total. The predicted octanol–water partition coefficient (Wildman–Crippen LogP) is 3.09. The van der Waals surface area contributed by atoms with Crippen molar-refractivity contribution in [3.63, 3.8) is 0 Å². The lowest BCUT2D eigenvalue weighted by Gasteiger charge is -2.36. The molecule has 1 unspecified atom stereocenters. The average Bonchev–Trinajstić information content (AvgIpc) is 3.15. The number of amidine groups is 1. The van der Waals surface area contributed by atoms with Gasteiger partial charge in [-0.05, 0) is 23.8 Å². The fourth-order valence-electron chi connectivity index (χ4n) is 2.93. The van der Waals surface area contributed by atoms with Crippen LogP contribution in [-0.2, 0) is 14.4 Å². The maximum atomic E-state index is 14.5. The van der Waals surface area contributed by atoms with Crippen LogP contribution in [0.4, 0.5) is 13.6 Å². The van der Waals surface area contributed by atoms with Gasteiger partial charge in [-0.3, -0.25) is 10.2 Å². The minimum Gasteiger partial charge on any atom is -0.386 e. The Morgan fingerprint density at radius 3 is 2.65 bits per heavy atom. The second-order valence-electron chi connectivity index (χ2n) is 6.57. The predicted molar refractivity (Wildman–Crippen MR) is 113 cm³/mol. The van der Waals surface area contributed by atoms with E-state index in [1.165, 1.54) is 14.2 Å². The van der Waals surface area contributed by atoms with Gasteiger partial charge in [-0.25, -0.2) is 18.6 Å². The molecule has 0 aromatic heterocycles. The summed E-state index contributed by atoms with van der Waals surface area (Å²) in [7, 11) is 2.71. The van der Waals surface area contributed by atoms with E-state index in [4.69, 9.17) is 20.7 Å². The standard InChI is InChI=1S/C20H21F2N5O3S/c1-26(29-2)19(28)27-20(12-30-11-17(23)24,13-6-4-3-5-7-13)31-18(25-27)15-10-14(21)8-9-16(15)22/h3-10H,11-12H2,1-2H3,(H3,23,24). The van der Waals surface area contributed by atoms with E-state index in [-0.39, 0.29) is 29.7 Å². The molecule has 31 heavy (non-hydrogen) atoms. The highest BCUT2D eigenvalue weighted by molar-refractivity contribution is 8.15. The van der Waals surface area contributed by atoms with Crippen LogP contribution in [-0.4, -0.2) is 54.4 Å². The van der Waals surface area contributed by atoms with Crippen molar-refractivity contribution in [1.82, 2.24) is 10.1 Å². The van der Waals surface area contributed by atoms with Crippen molar-refractivity contribution in [2.45, 2.75) is 4.87 Å². The van der Waals surface area contributed by atoms with Crippen LogP contribution in [0.3, 0.4) is 0 Å². The number of amides is 2. The van der Waals surface area contributed by atoms with Crippen LogP contribution in [0.2, 0.25) is 0 Å². The third-order valence-electron chi connectivity index (χ3n) is 4.46. The summed E-state index contributed by atoms with van der Waals surface area (Å²) in [4.78, 5) is 16.8. The quantitative estimate of drug-likeness (QED) is 0.384. The molecule has 0 radical (unpaired) electrons. The molecule has 0 saturated heterocycles. The Bertz CT molecular complexity index is 1010. The average molecular weight is 449 g/mol. The molecule has 0 spiro atoms. The molecule has 0 aliphatic carbocycles. The van der Waals surface area contributed by atoms with Gasteiger partial charge < -0.3 is 10.5 Å². The van der Waals surface area contributed by atoms with Gasteiger partial charge in [0.15, 0.2) is 4.87 Å². The van der Waals surface area contributed by atoms with Gasteiger partial charge in [-0.1, -0.05) is 42.1 Å². The Kier molecular flexibility index (Phi) is 6.88. The third-order valence-corrected chi connectivity index (χ3v) is 5.82. The molecule has 11 heteroatoms. The van der Waals surface area contributed by atoms with Crippen LogP contribution >= 0.6 is 11.8 Å². The van der Waals surface area contributed by atoms with E-state index in [1.807, 2.05) is 0 Å². The number of nitrogens with one attached hydrogen (secondary N) is 1. The summed E-state index contributed by atoms with van der Waals surface area (Å²) in [5, 5.41) is 13.9. The summed E-state index contributed by atoms with van der Waals surface area (Å²) in [5.41, 5.74) is 5.93.